The van der Waals surface area contributed by atoms with Crippen LogP contribution < -0.4 is 24.7 Å². The second-order valence-corrected chi connectivity index (χ2v) is 8.91. The molecular weight excluding hydrogens is 484 g/mol. The average molecular weight is 511 g/mol. The maximum absolute atomic E-state index is 13.0. The topological polar surface area (TPSA) is 117 Å². The molecule has 1 unspecified atom stereocenters. The molecule has 1 aliphatic heterocycles. The van der Waals surface area contributed by atoms with Crippen LogP contribution in [-0.4, -0.2) is 19.7 Å². The minimum Gasteiger partial charge on any atom is -0.493 e. The Labute approximate surface area is 219 Å². The number of aryl methyl sites for hydroxylation is 2. The SMILES string of the molecule is CCOc1ccc(C2C(C#N)=C(N)Oc3cc(OC(=O)c4oc5ccc(C)cc5c4C)ccc32)cc1OC. The quantitative estimate of drug-likeness (QED) is 0.252. The fourth-order valence-electron chi connectivity index (χ4n) is 4.66. The smallest absolute Gasteiger partial charge is 0.379 e. The van der Waals surface area contributed by atoms with Gasteiger partial charge in [0.15, 0.2) is 11.5 Å². The monoisotopic (exact) mass is 510 g/mol. The molecule has 38 heavy (non-hydrogen) atoms. The molecule has 3 aromatic carbocycles. The normalized spacial score (nSPS) is 14.4. The fourth-order valence-corrected chi connectivity index (χ4v) is 4.66. The molecule has 0 bridgehead atoms. The van der Waals surface area contributed by atoms with Gasteiger partial charge in [0.05, 0.1) is 19.6 Å². The lowest BCUT2D eigenvalue weighted by atomic mass is 9.83. The minimum absolute atomic E-state index is 0.0233. The lowest BCUT2D eigenvalue weighted by molar-refractivity contribution is 0.0702. The molecular formula is C30H26N2O6. The number of fused-ring (bicyclic) bond motifs is 2. The number of benzene rings is 3. The van der Waals surface area contributed by atoms with Gasteiger partial charge >= 0.3 is 5.97 Å². The fraction of sp³-hybridized carbons (Fsp3) is 0.200. The molecule has 192 valence electrons. The predicted molar refractivity (Wildman–Crippen MR) is 141 cm³/mol. The minimum atomic E-state index is -0.624. The molecule has 0 saturated heterocycles. The van der Waals surface area contributed by atoms with Crippen LogP contribution in [0.4, 0.5) is 0 Å². The van der Waals surface area contributed by atoms with Crippen molar-refractivity contribution in [2.24, 2.45) is 5.73 Å². The molecule has 8 heteroatoms. The number of furan rings is 1. The molecule has 1 aromatic heterocycles. The molecule has 0 radical (unpaired) electrons. The van der Waals surface area contributed by atoms with Gasteiger partial charge in [-0.2, -0.15) is 5.26 Å². The van der Waals surface area contributed by atoms with Gasteiger partial charge in [0.1, 0.15) is 28.7 Å². The lowest BCUT2D eigenvalue weighted by Crippen LogP contribution is -2.21. The summed E-state index contributed by atoms with van der Waals surface area (Å²) in [7, 11) is 1.56. The van der Waals surface area contributed by atoms with Crippen LogP contribution in [0.5, 0.6) is 23.0 Å². The van der Waals surface area contributed by atoms with Gasteiger partial charge in [-0.15, -0.1) is 0 Å². The van der Waals surface area contributed by atoms with E-state index in [0.717, 1.165) is 16.5 Å². The van der Waals surface area contributed by atoms with Crippen molar-refractivity contribution in [1.82, 2.24) is 0 Å². The number of ether oxygens (including phenoxy) is 4. The van der Waals surface area contributed by atoms with E-state index >= 15 is 0 Å². The third kappa shape index (κ3) is 4.28. The third-order valence-corrected chi connectivity index (χ3v) is 6.50. The highest BCUT2D eigenvalue weighted by atomic mass is 16.5. The Morgan fingerprint density at radius 3 is 2.63 bits per heavy atom. The summed E-state index contributed by atoms with van der Waals surface area (Å²) < 4.78 is 28.3. The van der Waals surface area contributed by atoms with Crippen molar-refractivity contribution in [2.75, 3.05) is 13.7 Å². The zero-order valence-corrected chi connectivity index (χ0v) is 21.5. The molecule has 0 amide bonds. The Morgan fingerprint density at radius 2 is 1.89 bits per heavy atom. The van der Waals surface area contributed by atoms with E-state index in [-0.39, 0.29) is 23.0 Å². The number of allylic oxidation sites excluding steroid dienone is 1. The van der Waals surface area contributed by atoms with E-state index in [1.165, 1.54) is 0 Å². The van der Waals surface area contributed by atoms with Crippen LogP contribution in [0.2, 0.25) is 0 Å². The third-order valence-electron chi connectivity index (χ3n) is 6.50. The molecule has 2 N–H and O–H groups in total. The molecule has 2 heterocycles. The van der Waals surface area contributed by atoms with Gasteiger partial charge in [-0.1, -0.05) is 23.8 Å². The highest BCUT2D eigenvalue weighted by molar-refractivity contribution is 5.97. The Morgan fingerprint density at radius 1 is 1.08 bits per heavy atom. The number of esters is 1. The molecule has 0 spiro atoms. The van der Waals surface area contributed by atoms with Crippen molar-refractivity contribution in [3.8, 4) is 29.1 Å². The number of nitrogens with two attached hydrogens (primary N) is 1. The Kier molecular flexibility index (Phi) is 6.43. The Hall–Kier alpha value is -4.90. The summed E-state index contributed by atoms with van der Waals surface area (Å²) in [6, 6.07) is 18.3. The highest BCUT2D eigenvalue weighted by Gasteiger charge is 2.32. The first-order valence-electron chi connectivity index (χ1n) is 12.1. The molecule has 0 fully saturated rings. The van der Waals surface area contributed by atoms with Gasteiger partial charge < -0.3 is 29.1 Å². The zero-order valence-electron chi connectivity index (χ0n) is 21.5. The van der Waals surface area contributed by atoms with E-state index in [1.807, 2.05) is 51.1 Å². The van der Waals surface area contributed by atoms with Crippen molar-refractivity contribution in [1.29, 1.82) is 5.26 Å². The van der Waals surface area contributed by atoms with Crippen LogP contribution in [0.1, 0.15) is 45.7 Å². The summed E-state index contributed by atoms with van der Waals surface area (Å²) in [6.45, 7) is 6.18. The maximum Gasteiger partial charge on any atom is 0.379 e. The van der Waals surface area contributed by atoms with E-state index in [4.69, 9.17) is 29.1 Å². The van der Waals surface area contributed by atoms with Gasteiger partial charge in [-0.25, -0.2) is 4.79 Å². The first kappa shape index (κ1) is 24.8. The highest BCUT2D eigenvalue weighted by Crippen LogP contribution is 2.45. The van der Waals surface area contributed by atoms with Crippen LogP contribution >= 0.6 is 0 Å². The Bertz CT molecular complexity index is 1640. The van der Waals surface area contributed by atoms with Crippen LogP contribution in [0.15, 0.2) is 70.5 Å². The van der Waals surface area contributed by atoms with Gasteiger partial charge in [0.25, 0.3) is 0 Å². The summed E-state index contributed by atoms with van der Waals surface area (Å²) >= 11 is 0. The van der Waals surface area contributed by atoms with E-state index in [9.17, 15) is 10.1 Å². The average Bonchev–Trinajstić information content (AvgIpc) is 3.24. The summed E-state index contributed by atoms with van der Waals surface area (Å²) in [5.41, 5.74) is 10.3. The van der Waals surface area contributed by atoms with Gasteiger partial charge in [0, 0.05) is 22.6 Å². The number of nitrogens with zero attached hydrogens (tertiary/aromatic N) is 1. The van der Waals surface area contributed by atoms with E-state index in [0.29, 0.717) is 40.6 Å². The van der Waals surface area contributed by atoms with Crippen molar-refractivity contribution < 1.29 is 28.2 Å². The van der Waals surface area contributed by atoms with E-state index in [2.05, 4.69) is 6.07 Å². The maximum atomic E-state index is 13.0. The molecule has 4 aromatic rings. The molecule has 5 rings (SSSR count). The summed E-state index contributed by atoms with van der Waals surface area (Å²) in [6.07, 6.45) is 0. The molecule has 8 nitrogen and oxygen atoms in total. The van der Waals surface area contributed by atoms with Crippen molar-refractivity contribution in [3.63, 3.8) is 0 Å². The van der Waals surface area contributed by atoms with Gasteiger partial charge in [0.2, 0.25) is 11.6 Å². The van der Waals surface area contributed by atoms with Crippen molar-refractivity contribution >= 4 is 16.9 Å². The van der Waals surface area contributed by atoms with E-state index < -0.39 is 11.9 Å². The van der Waals surface area contributed by atoms with Gasteiger partial charge in [-0.3, -0.25) is 0 Å². The van der Waals surface area contributed by atoms with Crippen LogP contribution in [0, 0.1) is 25.2 Å². The second-order valence-electron chi connectivity index (χ2n) is 8.91. The lowest BCUT2D eigenvalue weighted by Gasteiger charge is -2.27. The van der Waals surface area contributed by atoms with Crippen molar-refractivity contribution in [3.05, 3.63) is 94.1 Å². The second kappa shape index (κ2) is 9.87. The standard InChI is InChI=1S/C30H26N2O6/c1-5-35-24-11-7-18(13-26(24)34-4)27-20-9-8-19(14-25(20)38-29(32)22(27)15-31)36-30(33)28-17(3)21-12-16(2)6-10-23(21)37-28/h6-14,27H,5,32H2,1-4H3. The predicted octanol–water partition coefficient (Wildman–Crippen LogP) is 5.89. The van der Waals surface area contributed by atoms with Crippen molar-refractivity contribution in [2.45, 2.75) is 26.7 Å². The number of hydrogen-bond donors (Lipinski definition) is 1. The first-order valence-corrected chi connectivity index (χ1v) is 12.1. The Balaban J connectivity index is 1.49. The number of nitriles is 1. The van der Waals surface area contributed by atoms with E-state index in [1.54, 1.807) is 31.4 Å². The largest absolute Gasteiger partial charge is 0.493 e. The number of hydrogen-bond acceptors (Lipinski definition) is 8. The zero-order chi connectivity index (χ0) is 27.0. The molecule has 1 aliphatic rings. The number of carbonyl (C=O) groups is 1. The van der Waals surface area contributed by atoms with Crippen LogP contribution in [-0.2, 0) is 0 Å². The number of rotatable bonds is 6. The number of methoxy groups -OCH3 is 1. The summed E-state index contributed by atoms with van der Waals surface area (Å²) in [5, 5.41) is 10.7. The summed E-state index contributed by atoms with van der Waals surface area (Å²) in [4.78, 5) is 13.0. The molecule has 0 aliphatic carbocycles. The van der Waals surface area contributed by atoms with Crippen LogP contribution in [0.3, 0.4) is 0 Å². The molecule has 1 atom stereocenters. The number of carbonyl (C=O) groups excluding carboxylic acids is 1. The summed E-state index contributed by atoms with van der Waals surface area (Å²) in [5.74, 6) is 0.734. The van der Waals surface area contributed by atoms with Crippen LogP contribution in [0.25, 0.3) is 11.0 Å². The first-order chi connectivity index (χ1) is 18.3. The van der Waals surface area contributed by atoms with Gasteiger partial charge in [-0.05, 0) is 56.7 Å². The molecule has 0 saturated carbocycles.